The first kappa shape index (κ1) is 10.2. The van der Waals surface area contributed by atoms with Crippen LogP contribution in [0.2, 0.25) is 0 Å². The predicted molar refractivity (Wildman–Crippen MR) is 48.9 cm³/mol. The molecule has 72 valence electrons. The van der Waals surface area contributed by atoms with Crippen LogP contribution in [-0.2, 0) is 9.47 Å². The van der Waals surface area contributed by atoms with Crippen LogP contribution >= 0.6 is 0 Å². The molecule has 1 saturated heterocycles. The van der Waals surface area contributed by atoms with Crippen molar-refractivity contribution >= 4 is 0 Å². The molecule has 1 heterocycles. The third-order valence-corrected chi connectivity index (χ3v) is 2.04. The molecule has 3 atom stereocenters. The summed E-state index contributed by atoms with van der Waals surface area (Å²) in [5.41, 5.74) is 0. The van der Waals surface area contributed by atoms with Crippen LogP contribution in [0.3, 0.4) is 0 Å². The van der Waals surface area contributed by atoms with E-state index in [2.05, 4.69) is 12.6 Å². The van der Waals surface area contributed by atoms with Crippen LogP contribution in [-0.4, -0.2) is 18.5 Å². The number of nitriles is 1. The largest absolute Gasteiger partial charge is 0.349 e. The van der Waals surface area contributed by atoms with Crippen molar-refractivity contribution in [2.45, 2.75) is 44.7 Å². The van der Waals surface area contributed by atoms with Crippen molar-refractivity contribution in [1.82, 2.24) is 0 Å². The fourth-order valence-electron chi connectivity index (χ4n) is 1.55. The Hall–Kier alpha value is -0.850. The molecular formula is C10H15NO2. The lowest BCUT2D eigenvalue weighted by atomic mass is 10.1. The molecule has 3 heteroatoms. The lowest BCUT2D eigenvalue weighted by Crippen LogP contribution is -2.36. The molecule has 1 fully saturated rings. The summed E-state index contributed by atoms with van der Waals surface area (Å²) >= 11 is 0. The summed E-state index contributed by atoms with van der Waals surface area (Å²) in [4.78, 5) is 0. The van der Waals surface area contributed by atoms with Gasteiger partial charge >= 0.3 is 0 Å². The summed E-state index contributed by atoms with van der Waals surface area (Å²) in [5, 5.41) is 8.53. The highest BCUT2D eigenvalue weighted by Gasteiger charge is 2.26. The summed E-state index contributed by atoms with van der Waals surface area (Å²) < 4.78 is 10.9. The van der Waals surface area contributed by atoms with Crippen LogP contribution in [0.4, 0.5) is 0 Å². The third-order valence-electron chi connectivity index (χ3n) is 2.04. The van der Waals surface area contributed by atoms with Crippen molar-refractivity contribution in [2.75, 3.05) is 0 Å². The minimum atomic E-state index is -0.197. The highest BCUT2D eigenvalue weighted by atomic mass is 16.7. The minimum Gasteiger partial charge on any atom is -0.349 e. The van der Waals surface area contributed by atoms with Crippen molar-refractivity contribution < 1.29 is 9.47 Å². The first-order chi connectivity index (χ1) is 6.26. The van der Waals surface area contributed by atoms with Crippen molar-refractivity contribution in [1.29, 1.82) is 5.26 Å². The molecule has 0 N–H and O–H groups in total. The Labute approximate surface area is 78.9 Å². The van der Waals surface area contributed by atoms with Crippen LogP contribution < -0.4 is 0 Å². The predicted octanol–water partition coefficient (Wildman–Crippen LogP) is 2.00. The Morgan fingerprint density at radius 2 is 2.23 bits per heavy atom. The Kier molecular flexibility index (Phi) is 3.94. The second-order valence-electron chi connectivity index (χ2n) is 3.21. The summed E-state index contributed by atoms with van der Waals surface area (Å²) in [6.07, 6.45) is 3.91. The number of rotatable bonds is 3. The average Bonchev–Trinajstić information content (AvgIpc) is 2.04. The van der Waals surface area contributed by atoms with E-state index in [1.165, 1.54) is 0 Å². The number of hydrogen-bond acceptors (Lipinski definition) is 3. The second kappa shape index (κ2) is 5.00. The Morgan fingerprint density at radius 3 is 2.85 bits per heavy atom. The van der Waals surface area contributed by atoms with E-state index in [1.54, 1.807) is 0 Å². The second-order valence-corrected chi connectivity index (χ2v) is 3.21. The van der Waals surface area contributed by atoms with Crippen molar-refractivity contribution in [2.24, 2.45) is 0 Å². The first-order valence-electron chi connectivity index (χ1n) is 4.55. The summed E-state index contributed by atoms with van der Waals surface area (Å²) in [6, 6.07) is 2.11. The quantitative estimate of drug-likeness (QED) is 0.625. The maximum atomic E-state index is 8.53. The zero-order valence-corrected chi connectivity index (χ0v) is 7.90. The van der Waals surface area contributed by atoms with E-state index in [0.717, 1.165) is 12.8 Å². The van der Waals surface area contributed by atoms with E-state index in [-0.39, 0.29) is 18.5 Å². The lowest BCUT2D eigenvalue weighted by Gasteiger charge is -2.32. The van der Waals surface area contributed by atoms with Gasteiger partial charge in [0.15, 0.2) is 6.29 Å². The summed E-state index contributed by atoms with van der Waals surface area (Å²) in [7, 11) is 0. The molecule has 0 unspecified atom stereocenters. The molecule has 13 heavy (non-hydrogen) atoms. The fraction of sp³-hybridized carbons (Fsp3) is 0.700. The zero-order chi connectivity index (χ0) is 9.68. The van der Waals surface area contributed by atoms with Crippen LogP contribution in [0.1, 0.15) is 26.2 Å². The number of hydrogen-bond donors (Lipinski definition) is 0. The maximum absolute atomic E-state index is 8.53. The standard InChI is InChI=1S/C10H15NO2/c1-3-4-9-7-10(5-6-11)13-8(2)12-9/h3,8-10H,1,4-5,7H2,2H3/t8-,9+,10+/m1/s1. The van der Waals surface area contributed by atoms with Gasteiger partial charge in [0.1, 0.15) is 0 Å². The van der Waals surface area contributed by atoms with Gasteiger partial charge < -0.3 is 9.47 Å². The number of ether oxygens (including phenoxy) is 2. The molecule has 1 aliphatic heterocycles. The fourth-order valence-corrected chi connectivity index (χ4v) is 1.55. The molecule has 0 aromatic rings. The number of nitrogens with zero attached hydrogens (tertiary/aromatic N) is 1. The molecule has 0 bridgehead atoms. The molecule has 0 amide bonds. The SMILES string of the molecule is C=CC[C@H]1C[C@H](CC#N)O[C@H](C)O1. The van der Waals surface area contributed by atoms with Gasteiger partial charge in [-0.3, -0.25) is 0 Å². The van der Waals surface area contributed by atoms with Crippen molar-refractivity contribution in [3.8, 4) is 6.07 Å². The minimum absolute atomic E-state index is 0.0266. The van der Waals surface area contributed by atoms with Gasteiger partial charge in [-0.05, 0) is 13.3 Å². The van der Waals surface area contributed by atoms with Crippen molar-refractivity contribution in [3.63, 3.8) is 0 Å². The van der Waals surface area contributed by atoms with Gasteiger partial charge in [-0.25, -0.2) is 0 Å². The van der Waals surface area contributed by atoms with Crippen LogP contribution in [0.15, 0.2) is 12.7 Å². The summed E-state index contributed by atoms with van der Waals surface area (Å²) in [6.45, 7) is 5.53. The smallest absolute Gasteiger partial charge is 0.155 e. The van der Waals surface area contributed by atoms with Crippen molar-refractivity contribution in [3.05, 3.63) is 12.7 Å². The van der Waals surface area contributed by atoms with Gasteiger partial charge in [-0.15, -0.1) is 6.58 Å². The molecule has 0 radical (unpaired) electrons. The Balaban J connectivity index is 2.43. The van der Waals surface area contributed by atoms with Gasteiger partial charge in [0.25, 0.3) is 0 Å². The molecule has 3 nitrogen and oxygen atoms in total. The normalized spacial score (nSPS) is 33.7. The molecule has 0 saturated carbocycles. The molecular weight excluding hydrogens is 166 g/mol. The molecule has 0 aromatic carbocycles. The first-order valence-corrected chi connectivity index (χ1v) is 4.55. The molecule has 1 rings (SSSR count). The highest BCUT2D eigenvalue weighted by Crippen LogP contribution is 2.22. The monoisotopic (exact) mass is 181 g/mol. The molecule has 0 aromatic heterocycles. The van der Waals surface area contributed by atoms with Crippen LogP contribution in [0.5, 0.6) is 0 Å². The molecule has 0 spiro atoms. The van der Waals surface area contributed by atoms with E-state index >= 15 is 0 Å². The highest BCUT2D eigenvalue weighted by molar-refractivity contribution is 4.84. The van der Waals surface area contributed by atoms with Gasteiger partial charge in [0.2, 0.25) is 0 Å². The van der Waals surface area contributed by atoms with Gasteiger partial charge in [-0.1, -0.05) is 6.08 Å². The maximum Gasteiger partial charge on any atom is 0.155 e. The van der Waals surface area contributed by atoms with E-state index in [0.29, 0.717) is 6.42 Å². The van der Waals surface area contributed by atoms with Crippen LogP contribution in [0, 0.1) is 11.3 Å². The molecule has 1 aliphatic rings. The van der Waals surface area contributed by atoms with Gasteiger partial charge in [0, 0.05) is 6.42 Å². The van der Waals surface area contributed by atoms with Gasteiger partial charge in [0.05, 0.1) is 24.7 Å². The van der Waals surface area contributed by atoms with Crippen LogP contribution in [0.25, 0.3) is 0 Å². The Bertz CT molecular complexity index is 209. The Morgan fingerprint density at radius 1 is 1.54 bits per heavy atom. The summed E-state index contributed by atoms with van der Waals surface area (Å²) in [5.74, 6) is 0. The third kappa shape index (κ3) is 3.17. The molecule has 0 aliphatic carbocycles. The van der Waals surface area contributed by atoms with E-state index in [4.69, 9.17) is 14.7 Å². The lowest BCUT2D eigenvalue weighted by molar-refractivity contribution is -0.231. The topological polar surface area (TPSA) is 42.2 Å². The van der Waals surface area contributed by atoms with E-state index < -0.39 is 0 Å². The zero-order valence-electron chi connectivity index (χ0n) is 7.90. The van der Waals surface area contributed by atoms with Gasteiger partial charge in [-0.2, -0.15) is 5.26 Å². The van der Waals surface area contributed by atoms with E-state index in [9.17, 15) is 0 Å². The van der Waals surface area contributed by atoms with E-state index in [1.807, 2.05) is 13.0 Å². The average molecular weight is 181 g/mol.